The van der Waals surface area contributed by atoms with Crippen LogP contribution in [0, 0.1) is 0 Å². The summed E-state index contributed by atoms with van der Waals surface area (Å²) in [6, 6.07) is 19.5. The van der Waals surface area contributed by atoms with Crippen LogP contribution >= 0.6 is 11.6 Å². The molecule has 1 amide bonds. The predicted octanol–water partition coefficient (Wildman–Crippen LogP) is 4.65. The number of pyridine rings is 1. The molecule has 0 saturated carbocycles. The molecule has 2 aromatic heterocycles. The second kappa shape index (κ2) is 7.33. The van der Waals surface area contributed by atoms with Crippen LogP contribution in [0.25, 0.3) is 11.0 Å². The molecule has 0 spiro atoms. The molecule has 6 heteroatoms. The third kappa shape index (κ3) is 3.38. The van der Waals surface area contributed by atoms with Gasteiger partial charge in [0.2, 0.25) is 5.91 Å². The Kier molecular flexibility index (Phi) is 4.52. The van der Waals surface area contributed by atoms with E-state index in [4.69, 9.17) is 16.6 Å². The lowest BCUT2D eigenvalue weighted by molar-refractivity contribution is -0.117. The second-order valence-corrected chi connectivity index (χ2v) is 7.73. The third-order valence-electron chi connectivity index (χ3n) is 5.36. The van der Waals surface area contributed by atoms with Gasteiger partial charge in [-0.2, -0.15) is 0 Å². The zero-order valence-corrected chi connectivity index (χ0v) is 16.5. The number of amides is 1. The Labute approximate surface area is 173 Å². The van der Waals surface area contributed by atoms with Crippen molar-refractivity contribution in [1.82, 2.24) is 14.5 Å². The number of imidazole rings is 1. The van der Waals surface area contributed by atoms with Gasteiger partial charge in [-0.05, 0) is 42.0 Å². The van der Waals surface area contributed by atoms with E-state index < -0.39 is 0 Å². The fourth-order valence-electron chi connectivity index (χ4n) is 4.02. The Hall–Kier alpha value is -3.18. The van der Waals surface area contributed by atoms with Crippen LogP contribution < -0.4 is 4.90 Å². The standard InChI is InChI=1S/C23H19ClN4O/c24-18-6-3-7-19(12-18)27-15-17(11-22(27)29)23-26-20-8-1-2-9-21(20)28(23)14-16-5-4-10-25-13-16/h1-10,12-13,17H,11,14-15H2/t17-/m0/s1. The number of aromatic nitrogens is 3. The van der Waals surface area contributed by atoms with Gasteiger partial charge in [0.1, 0.15) is 5.82 Å². The zero-order chi connectivity index (χ0) is 19.8. The van der Waals surface area contributed by atoms with Gasteiger partial charge < -0.3 is 9.47 Å². The molecule has 3 heterocycles. The molecular weight excluding hydrogens is 384 g/mol. The Morgan fingerprint density at radius 2 is 1.97 bits per heavy atom. The van der Waals surface area contributed by atoms with Crippen LogP contribution in [0.2, 0.25) is 5.02 Å². The minimum absolute atomic E-state index is 0.0190. The lowest BCUT2D eigenvalue weighted by atomic mass is 10.1. The number of para-hydroxylation sites is 2. The van der Waals surface area contributed by atoms with Gasteiger partial charge in [0.25, 0.3) is 0 Å². The number of rotatable bonds is 4. The van der Waals surface area contributed by atoms with E-state index in [0.717, 1.165) is 28.1 Å². The first kappa shape index (κ1) is 17.9. The molecular formula is C23H19ClN4O. The van der Waals surface area contributed by atoms with Crippen molar-refractivity contribution in [1.29, 1.82) is 0 Å². The summed E-state index contributed by atoms with van der Waals surface area (Å²) in [4.78, 5) is 23.7. The number of anilines is 1. The van der Waals surface area contributed by atoms with E-state index in [2.05, 4.69) is 21.7 Å². The molecule has 0 bridgehead atoms. The van der Waals surface area contributed by atoms with Gasteiger partial charge in [-0.1, -0.05) is 35.9 Å². The lowest BCUT2D eigenvalue weighted by Gasteiger charge is -2.17. The molecule has 0 radical (unpaired) electrons. The molecule has 1 aliphatic heterocycles. The van der Waals surface area contributed by atoms with Crippen molar-refractivity contribution in [2.75, 3.05) is 11.4 Å². The lowest BCUT2D eigenvalue weighted by Crippen LogP contribution is -2.24. The van der Waals surface area contributed by atoms with Crippen LogP contribution in [0.1, 0.15) is 23.7 Å². The first-order chi connectivity index (χ1) is 14.2. The molecule has 0 aliphatic carbocycles. The van der Waals surface area contributed by atoms with Gasteiger partial charge in [-0.15, -0.1) is 0 Å². The first-order valence-corrected chi connectivity index (χ1v) is 9.97. The van der Waals surface area contributed by atoms with E-state index >= 15 is 0 Å². The summed E-state index contributed by atoms with van der Waals surface area (Å²) < 4.78 is 2.21. The van der Waals surface area contributed by atoms with Crippen LogP contribution in [0.3, 0.4) is 0 Å². The summed E-state index contributed by atoms with van der Waals surface area (Å²) in [7, 11) is 0. The molecule has 0 unspecified atom stereocenters. The number of hydrogen-bond acceptors (Lipinski definition) is 3. The van der Waals surface area contributed by atoms with Gasteiger partial charge in [-0.25, -0.2) is 4.98 Å². The average molecular weight is 403 g/mol. The Balaban J connectivity index is 1.53. The summed E-state index contributed by atoms with van der Waals surface area (Å²) in [5.74, 6) is 1.05. The maximum Gasteiger partial charge on any atom is 0.227 e. The Bertz CT molecular complexity index is 1190. The maximum atomic E-state index is 12.8. The maximum absolute atomic E-state index is 12.8. The number of fused-ring (bicyclic) bond motifs is 1. The molecule has 1 aliphatic rings. The topological polar surface area (TPSA) is 51.0 Å². The molecule has 144 valence electrons. The minimum atomic E-state index is 0.0190. The zero-order valence-electron chi connectivity index (χ0n) is 15.7. The molecule has 29 heavy (non-hydrogen) atoms. The van der Waals surface area contributed by atoms with Gasteiger partial charge in [0, 0.05) is 42.0 Å². The monoisotopic (exact) mass is 402 g/mol. The summed E-state index contributed by atoms with van der Waals surface area (Å²) in [5, 5.41) is 0.627. The van der Waals surface area contributed by atoms with Gasteiger partial charge in [0.15, 0.2) is 0 Å². The Morgan fingerprint density at radius 1 is 1.07 bits per heavy atom. The van der Waals surface area contributed by atoms with Crippen molar-refractivity contribution in [2.24, 2.45) is 0 Å². The van der Waals surface area contributed by atoms with E-state index in [1.165, 1.54) is 0 Å². The number of benzene rings is 2. The van der Waals surface area contributed by atoms with Crippen molar-refractivity contribution in [3.63, 3.8) is 0 Å². The normalized spacial score (nSPS) is 16.7. The molecule has 5 rings (SSSR count). The van der Waals surface area contributed by atoms with Crippen molar-refractivity contribution < 1.29 is 4.79 Å². The van der Waals surface area contributed by atoms with Crippen LogP contribution in [0.4, 0.5) is 5.69 Å². The molecule has 5 nitrogen and oxygen atoms in total. The number of hydrogen-bond donors (Lipinski definition) is 0. The summed E-state index contributed by atoms with van der Waals surface area (Å²) in [6.45, 7) is 1.26. The van der Waals surface area contributed by atoms with Crippen LogP contribution in [0.15, 0.2) is 73.1 Å². The third-order valence-corrected chi connectivity index (χ3v) is 5.59. The molecule has 1 atom stereocenters. The highest BCUT2D eigenvalue weighted by Gasteiger charge is 2.34. The quantitative estimate of drug-likeness (QED) is 0.499. The highest BCUT2D eigenvalue weighted by molar-refractivity contribution is 6.30. The number of nitrogens with zero attached hydrogens (tertiary/aromatic N) is 4. The number of halogens is 1. The first-order valence-electron chi connectivity index (χ1n) is 9.59. The second-order valence-electron chi connectivity index (χ2n) is 7.29. The van der Waals surface area contributed by atoms with E-state index in [-0.39, 0.29) is 11.8 Å². The van der Waals surface area contributed by atoms with E-state index in [1.54, 1.807) is 6.20 Å². The molecule has 1 fully saturated rings. The summed E-state index contributed by atoms with van der Waals surface area (Å²) in [5.41, 5.74) is 3.95. The smallest absolute Gasteiger partial charge is 0.227 e. The van der Waals surface area contributed by atoms with Crippen LogP contribution in [-0.2, 0) is 11.3 Å². The highest BCUT2D eigenvalue weighted by Crippen LogP contribution is 2.34. The SMILES string of the molecule is O=C1C[C@H](c2nc3ccccc3n2Cc2cccnc2)CN1c1cccc(Cl)c1. The van der Waals surface area contributed by atoms with Crippen molar-refractivity contribution in [2.45, 2.75) is 18.9 Å². The van der Waals surface area contributed by atoms with E-state index in [9.17, 15) is 4.79 Å². The minimum Gasteiger partial charge on any atom is -0.323 e. The largest absolute Gasteiger partial charge is 0.323 e. The molecule has 1 saturated heterocycles. The van der Waals surface area contributed by atoms with Gasteiger partial charge in [0.05, 0.1) is 17.6 Å². The molecule has 0 N–H and O–H groups in total. The highest BCUT2D eigenvalue weighted by atomic mass is 35.5. The number of carbonyl (C=O) groups excluding carboxylic acids is 1. The van der Waals surface area contributed by atoms with Crippen LogP contribution in [-0.4, -0.2) is 27.0 Å². The fraction of sp³-hybridized carbons (Fsp3) is 0.174. The predicted molar refractivity (Wildman–Crippen MR) is 114 cm³/mol. The fourth-order valence-corrected chi connectivity index (χ4v) is 4.20. The van der Waals surface area contributed by atoms with E-state index in [0.29, 0.717) is 24.5 Å². The van der Waals surface area contributed by atoms with Crippen LogP contribution in [0.5, 0.6) is 0 Å². The van der Waals surface area contributed by atoms with Crippen molar-refractivity contribution >= 4 is 34.2 Å². The summed E-state index contributed by atoms with van der Waals surface area (Å²) >= 11 is 6.13. The molecule has 2 aromatic carbocycles. The number of carbonyl (C=O) groups is 1. The molecule has 4 aromatic rings. The Morgan fingerprint density at radius 3 is 2.79 bits per heavy atom. The van der Waals surface area contributed by atoms with Crippen molar-refractivity contribution in [3.8, 4) is 0 Å². The van der Waals surface area contributed by atoms with Gasteiger partial charge in [-0.3, -0.25) is 9.78 Å². The van der Waals surface area contributed by atoms with Crippen molar-refractivity contribution in [3.05, 3.63) is 89.5 Å². The average Bonchev–Trinajstić information content (AvgIpc) is 3.30. The van der Waals surface area contributed by atoms with E-state index in [1.807, 2.05) is 59.6 Å². The summed E-state index contributed by atoms with van der Waals surface area (Å²) in [6.07, 6.45) is 4.08. The van der Waals surface area contributed by atoms with Gasteiger partial charge >= 0.3 is 0 Å².